The largest absolute Gasteiger partial charge is 0.459 e. The van der Waals surface area contributed by atoms with Gasteiger partial charge in [0.2, 0.25) is 5.91 Å². The number of hydrogen-bond acceptors (Lipinski definition) is 4. The van der Waals surface area contributed by atoms with Crippen LogP contribution in [0.3, 0.4) is 0 Å². The van der Waals surface area contributed by atoms with Gasteiger partial charge >= 0.3 is 0 Å². The maximum absolute atomic E-state index is 13.5. The first-order chi connectivity index (χ1) is 16.0. The summed E-state index contributed by atoms with van der Waals surface area (Å²) < 4.78 is 5.44. The molecule has 0 unspecified atom stereocenters. The van der Waals surface area contributed by atoms with E-state index in [1.165, 1.54) is 6.26 Å². The van der Waals surface area contributed by atoms with Crippen LogP contribution in [-0.4, -0.2) is 30.8 Å². The molecule has 34 heavy (non-hydrogen) atoms. The van der Waals surface area contributed by atoms with E-state index in [2.05, 4.69) is 5.32 Å². The maximum atomic E-state index is 13.5. The van der Waals surface area contributed by atoms with Gasteiger partial charge in [-0.15, -0.1) is 0 Å². The second-order valence-electron chi connectivity index (χ2n) is 10.0. The summed E-state index contributed by atoms with van der Waals surface area (Å²) in [6.45, 7) is 8.48. The van der Waals surface area contributed by atoms with Gasteiger partial charge in [-0.05, 0) is 53.8 Å². The van der Waals surface area contributed by atoms with Crippen molar-refractivity contribution >= 4 is 23.2 Å². The quantitative estimate of drug-likeness (QED) is 0.439. The van der Waals surface area contributed by atoms with Crippen LogP contribution in [-0.2, 0) is 11.3 Å². The molecule has 0 aliphatic heterocycles. The fraction of sp³-hybridized carbons (Fsp3) is 0.357. The van der Waals surface area contributed by atoms with Crippen molar-refractivity contribution in [2.24, 2.45) is 5.41 Å². The topological polar surface area (TPSA) is 65.8 Å². The van der Waals surface area contributed by atoms with E-state index in [0.29, 0.717) is 24.4 Å². The summed E-state index contributed by atoms with van der Waals surface area (Å²) in [6, 6.07) is 19.0. The second kappa shape index (κ2) is 10.6. The van der Waals surface area contributed by atoms with Gasteiger partial charge in [0, 0.05) is 38.4 Å². The lowest BCUT2D eigenvalue weighted by Gasteiger charge is -2.31. The molecule has 0 bridgehead atoms. The smallest absolute Gasteiger partial charge is 0.290 e. The Labute approximate surface area is 202 Å². The van der Waals surface area contributed by atoms with Crippen LogP contribution in [0, 0.1) is 5.41 Å². The zero-order valence-electron chi connectivity index (χ0n) is 21.0. The first kappa shape index (κ1) is 25.1. The van der Waals surface area contributed by atoms with Crippen molar-refractivity contribution in [2.75, 3.05) is 24.3 Å². The number of nitrogens with zero attached hydrogens (tertiary/aromatic N) is 2. The maximum Gasteiger partial charge on any atom is 0.290 e. The van der Waals surface area contributed by atoms with Gasteiger partial charge in [0.1, 0.15) is 0 Å². The fourth-order valence-electron chi connectivity index (χ4n) is 3.93. The molecule has 2 amide bonds. The SMILES string of the molecule is C[C@H](c1ccccc1)N(Cc1cc(NC(=O)CC(C)(C)C)ccc1N(C)C)C(=O)c1ccco1. The van der Waals surface area contributed by atoms with Gasteiger partial charge < -0.3 is 19.5 Å². The predicted octanol–water partition coefficient (Wildman–Crippen LogP) is 6.12. The minimum Gasteiger partial charge on any atom is -0.459 e. The van der Waals surface area contributed by atoms with E-state index in [0.717, 1.165) is 16.8 Å². The lowest BCUT2D eigenvalue weighted by atomic mass is 9.92. The van der Waals surface area contributed by atoms with E-state index in [4.69, 9.17) is 4.42 Å². The van der Waals surface area contributed by atoms with Crippen molar-refractivity contribution in [3.05, 3.63) is 83.8 Å². The van der Waals surface area contributed by atoms with Crippen molar-refractivity contribution in [3.63, 3.8) is 0 Å². The van der Waals surface area contributed by atoms with Crippen molar-refractivity contribution in [2.45, 2.75) is 46.7 Å². The Bertz CT molecular complexity index is 1100. The normalized spacial score (nSPS) is 12.2. The zero-order chi connectivity index (χ0) is 24.9. The average molecular weight is 462 g/mol. The summed E-state index contributed by atoms with van der Waals surface area (Å²) in [5.74, 6) is 0.0780. The van der Waals surface area contributed by atoms with Crippen LogP contribution in [0.4, 0.5) is 11.4 Å². The van der Waals surface area contributed by atoms with Crippen molar-refractivity contribution in [1.82, 2.24) is 4.90 Å². The number of hydrogen-bond donors (Lipinski definition) is 1. The minimum atomic E-state index is -0.187. The van der Waals surface area contributed by atoms with E-state index >= 15 is 0 Å². The number of anilines is 2. The summed E-state index contributed by atoms with van der Waals surface area (Å²) in [5.41, 5.74) is 3.55. The van der Waals surface area contributed by atoms with Crippen LogP contribution in [0.5, 0.6) is 0 Å². The first-order valence-electron chi connectivity index (χ1n) is 11.5. The van der Waals surface area contributed by atoms with Gasteiger partial charge in [0.15, 0.2) is 5.76 Å². The summed E-state index contributed by atoms with van der Waals surface area (Å²) in [4.78, 5) is 29.8. The lowest BCUT2D eigenvalue weighted by Crippen LogP contribution is -2.33. The Balaban J connectivity index is 1.96. The van der Waals surface area contributed by atoms with Gasteiger partial charge in [-0.1, -0.05) is 51.1 Å². The molecule has 0 fully saturated rings. The number of benzene rings is 2. The highest BCUT2D eigenvalue weighted by Gasteiger charge is 2.26. The Morgan fingerprint density at radius 3 is 2.29 bits per heavy atom. The van der Waals surface area contributed by atoms with Crippen molar-refractivity contribution in [3.8, 4) is 0 Å². The molecule has 180 valence electrons. The Hall–Kier alpha value is -3.54. The highest BCUT2D eigenvalue weighted by molar-refractivity contribution is 5.92. The zero-order valence-corrected chi connectivity index (χ0v) is 21.0. The molecule has 3 aromatic rings. The average Bonchev–Trinajstić information content (AvgIpc) is 3.31. The number of nitrogens with one attached hydrogen (secondary N) is 1. The third kappa shape index (κ3) is 6.50. The van der Waals surface area contributed by atoms with Crippen LogP contribution in [0.25, 0.3) is 0 Å². The summed E-state index contributed by atoms with van der Waals surface area (Å²) in [6.07, 6.45) is 1.93. The molecular weight excluding hydrogens is 426 g/mol. The van der Waals surface area contributed by atoms with Crippen LogP contribution in [0.1, 0.15) is 61.8 Å². The van der Waals surface area contributed by atoms with Crippen molar-refractivity contribution < 1.29 is 14.0 Å². The first-order valence-corrected chi connectivity index (χ1v) is 11.5. The lowest BCUT2D eigenvalue weighted by molar-refractivity contribution is -0.117. The molecule has 1 N–H and O–H groups in total. The molecule has 6 nitrogen and oxygen atoms in total. The molecule has 3 rings (SSSR count). The van der Waals surface area contributed by atoms with Gasteiger partial charge in [0.25, 0.3) is 5.91 Å². The van der Waals surface area contributed by atoms with E-state index < -0.39 is 0 Å². The van der Waals surface area contributed by atoms with Crippen LogP contribution in [0.15, 0.2) is 71.3 Å². The Kier molecular flexibility index (Phi) is 7.82. The van der Waals surface area contributed by atoms with Gasteiger partial charge in [-0.2, -0.15) is 0 Å². The van der Waals surface area contributed by atoms with Crippen molar-refractivity contribution in [1.29, 1.82) is 0 Å². The molecule has 2 aromatic carbocycles. The van der Waals surface area contributed by atoms with Gasteiger partial charge in [-0.3, -0.25) is 9.59 Å². The second-order valence-corrected chi connectivity index (χ2v) is 10.0. The highest BCUT2D eigenvalue weighted by atomic mass is 16.3. The van der Waals surface area contributed by atoms with Gasteiger partial charge in [0.05, 0.1) is 12.3 Å². The van der Waals surface area contributed by atoms with E-state index in [1.54, 1.807) is 17.0 Å². The molecule has 0 spiro atoms. The molecule has 0 radical (unpaired) electrons. The van der Waals surface area contributed by atoms with E-state index in [9.17, 15) is 9.59 Å². The highest BCUT2D eigenvalue weighted by Crippen LogP contribution is 2.30. The Morgan fingerprint density at radius 1 is 1.00 bits per heavy atom. The third-order valence-electron chi connectivity index (χ3n) is 5.62. The van der Waals surface area contributed by atoms with E-state index in [1.807, 2.05) is 95.2 Å². The number of furan rings is 1. The monoisotopic (exact) mass is 461 g/mol. The number of amides is 2. The molecule has 0 saturated heterocycles. The Morgan fingerprint density at radius 2 is 1.71 bits per heavy atom. The molecule has 0 saturated carbocycles. The van der Waals surface area contributed by atoms with Crippen LogP contribution in [0.2, 0.25) is 0 Å². The van der Waals surface area contributed by atoms with Crippen LogP contribution >= 0.6 is 0 Å². The van der Waals surface area contributed by atoms with E-state index in [-0.39, 0.29) is 23.3 Å². The summed E-state index contributed by atoms with van der Waals surface area (Å²) >= 11 is 0. The van der Waals surface area contributed by atoms with Gasteiger partial charge in [-0.25, -0.2) is 0 Å². The molecule has 1 aromatic heterocycles. The summed E-state index contributed by atoms with van der Waals surface area (Å²) in [7, 11) is 3.94. The fourth-order valence-corrected chi connectivity index (χ4v) is 3.93. The predicted molar refractivity (Wildman–Crippen MR) is 137 cm³/mol. The molecule has 0 aliphatic rings. The summed E-state index contributed by atoms with van der Waals surface area (Å²) in [5, 5.41) is 3.02. The number of carbonyl (C=O) groups is 2. The molecule has 0 aliphatic carbocycles. The molecule has 1 atom stereocenters. The molecule has 6 heteroatoms. The minimum absolute atomic E-state index is 0.0303. The standard InChI is InChI=1S/C28H35N3O3/c1-20(21-11-8-7-9-12-21)31(27(33)25-13-10-16-34-25)19-22-17-23(14-15-24(22)30(5)6)29-26(32)18-28(2,3)4/h7-17,20H,18-19H2,1-6H3,(H,29,32)/t20-/m1/s1. The third-order valence-corrected chi connectivity index (χ3v) is 5.62. The number of carbonyl (C=O) groups excluding carboxylic acids is 2. The molecular formula is C28H35N3O3. The molecule has 1 heterocycles. The number of rotatable bonds is 8. The van der Waals surface area contributed by atoms with Crippen LogP contribution < -0.4 is 10.2 Å².